The molecule has 8 heteroatoms. The molecular formula is C21H28ClN3O4. The first-order chi connectivity index (χ1) is 13.5. The highest BCUT2D eigenvalue weighted by atomic mass is 35.5. The first-order valence-corrected chi connectivity index (χ1v) is 9.17. The Labute approximate surface area is 177 Å². The monoisotopic (exact) mass is 421 g/mol. The van der Waals surface area contributed by atoms with Crippen molar-refractivity contribution in [1.29, 1.82) is 0 Å². The van der Waals surface area contributed by atoms with E-state index >= 15 is 0 Å². The highest BCUT2D eigenvalue weighted by Gasteiger charge is 2.12. The van der Waals surface area contributed by atoms with Crippen LogP contribution < -0.4 is 25.8 Å². The lowest BCUT2D eigenvalue weighted by molar-refractivity contribution is -0.123. The van der Waals surface area contributed by atoms with Crippen molar-refractivity contribution in [3.05, 3.63) is 59.7 Å². The molecule has 1 atom stereocenters. The van der Waals surface area contributed by atoms with Gasteiger partial charge >= 0.3 is 0 Å². The zero-order chi connectivity index (χ0) is 20.4. The molecule has 0 aliphatic carbocycles. The Hall–Kier alpha value is -2.77. The quantitative estimate of drug-likeness (QED) is 0.546. The number of amides is 2. The summed E-state index contributed by atoms with van der Waals surface area (Å²) in [6, 6.07) is 14.5. The van der Waals surface area contributed by atoms with Gasteiger partial charge < -0.3 is 25.8 Å². The molecule has 0 radical (unpaired) electrons. The molecule has 7 nitrogen and oxygen atoms in total. The molecular weight excluding hydrogens is 394 g/mol. The van der Waals surface area contributed by atoms with E-state index in [2.05, 4.69) is 10.6 Å². The number of nitrogens with two attached hydrogens (primary N) is 1. The SMILES string of the molecule is CCNC(=O)COc1ccc(CNC(=O)CC(N)c2ccccc2)cc1OC.Cl. The molecule has 2 amide bonds. The summed E-state index contributed by atoms with van der Waals surface area (Å²) in [5.41, 5.74) is 7.85. The van der Waals surface area contributed by atoms with E-state index in [1.54, 1.807) is 12.1 Å². The van der Waals surface area contributed by atoms with Crippen LogP contribution in [0.5, 0.6) is 11.5 Å². The minimum absolute atomic E-state index is 0. The summed E-state index contributed by atoms with van der Waals surface area (Å²) in [6.45, 7) is 2.64. The van der Waals surface area contributed by atoms with Crippen molar-refractivity contribution in [2.45, 2.75) is 25.9 Å². The summed E-state index contributed by atoms with van der Waals surface area (Å²) >= 11 is 0. The van der Waals surface area contributed by atoms with Gasteiger partial charge in [0, 0.05) is 25.6 Å². The Morgan fingerprint density at radius 1 is 1.03 bits per heavy atom. The molecule has 29 heavy (non-hydrogen) atoms. The first kappa shape index (κ1) is 24.3. The average Bonchev–Trinajstić information content (AvgIpc) is 2.71. The van der Waals surface area contributed by atoms with Crippen LogP contribution in [0.2, 0.25) is 0 Å². The summed E-state index contributed by atoms with van der Waals surface area (Å²) < 4.78 is 10.8. The third kappa shape index (κ3) is 8.01. The lowest BCUT2D eigenvalue weighted by Crippen LogP contribution is -2.28. The van der Waals surface area contributed by atoms with Gasteiger partial charge in [0.15, 0.2) is 18.1 Å². The van der Waals surface area contributed by atoms with Crippen molar-refractivity contribution in [1.82, 2.24) is 10.6 Å². The van der Waals surface area contributed by atoms with Crippen molar-refractivity contribution in [3.63, 3.8) is 0 Å². The van der Waals surface area contributed by atoms with Crippen LogP contribution in [0.1, 0.15) is 30.5 Å². The zero-order valence-corrected chi connectivity index (χ0v) is 17.5. The van der Waals surface area contributed by atoms with E-state index in [0.717, 1.165) is 11.1 Å². The maximum atomic E-state index is 12.2. The van der Waals surface area contributed by atoms with Crippen LogP contribution in [0.4, 0.5) is 0 Å². The Kier molecular flexibility index (Phi) is 10.6. The van der Waals surface area contributed by atoms with Crippen molar-refractivity contribution in [2.24, 2.45) is 5.73 Å². The number of nitrogens with one attached hydrogen (secondary N) is 2. The van der Waals surface area contributed by atoms with Crippen LogP contribution >= 0.6 is 12.4 Å². The summed E-state index contributed by atoms with van der Waals surface area (Å²) in [6.07, 6.45) is 0.203. The molecule has 0 fully saturated rings. The highest BCUT2D eigenvalue weighted by molar-refractivity contribution is 5.85. The second kappa shape index (κ2) is 12.6. The fourth-order valence-corrected chi connectivity index (χ4v) is 2.62. The number of carbonyl (C=O) groups excluding carboxylic acids is 2. The van der Waals surface area contributed by atoms with Gasteiger partial charge in [0.05, 0.1) is 7.11 Å². The molecule has 4 N–H and O–H groups in total. The van der Waals surface area contributed by atoms with E-state index in [-0.39, 0.29) is 43.3 Å². The van der Waals surface area contributed by atoms with Crippen molar-refractivity contribution in [3.8, 4) is 11.5 Å². The minimum atomic E-state index is -0.347. The summed E-state index contributed by atoms with van der Waals surface area (Å²) in [5, 5.41) is 5.52. The lowest BCUT2D eigenvalue weighted by atomic mass is 10.0. The largest absolute Gasteiger partial charge is 0.493 e. The van der Waals surface area contributed by atoms with Crippen molar-refractivity contribution in [2.75, 3.05) is 20.3 Å². The summed E-state index contributed by atoms with van der Waals surface area (Å²) in [5.74, 6) is 0.634. The van der Waals surface area contributed by atoms with E-state index < -0.39 is 0 Å². The molecule has 0 aliphatic heterocycles. The van der Waals surface area contributed by atoms with Gasteiger partial charge in [-0.05, 0) is 30.2 Å². The molecule has 0 aromatic heterocycles. The molecule has 0 saturated carbocycles. The molecule has 0 heterocycles. The Morgan fingerprint density at radius 2 is 1.76 bits per heavy atom. The Bertz CT molecular complexity index is 787. The number of hydrogen-bond acceptors (Lipinski definition) is 5. The number of rotatable bonds is 10. The number of methoxy groups -OCH3 is 1. The molecule has 2 aromatic rings. The number of hydrogen-bond donors (Lipinski definition) is 3. The van der Waals surface area contributed by atoms with Crippen LogP contribution in [0, 0.1) is 0 Å². The van der Waals surface area contributed by atoms with Gasteiger partial charge in [-0.2, -0.15) is 0 Å². The molecule has 158 valence electrons. The van der Waals surface area contributed by atoms with Crippen LogP contribution in [-0.2, 0) is 16.1 Å². The van der Waals surface area contributed by atoms with E-state index in [9.17, 15) is 9.59 Å². The first-order valence-electron chi connectivity index (χ1n) is 9.17. The van der Waals surface area contributed by atoms with E-state index in [1.807, 2.05) is 43.3 Å². The van der Waals surface area contributed by atoms with Gasteiger partial charge in [0.2, 0.25) is 5.91 Å². The highest BCUT2D eigenvalue weighted by Crippen LogP contribution is 2.28. The summed E-state index contributed by atoms with van der Waals surface area (Å²) in [7, 11) is 1.52. The van der Waals surface area contributed by atoms with Crippen LogP contribution in [-0.4, -0.2) is 32.1 Å². The molecule has 2 rings (SSSR count). The normalized spacial score (nSPS) is 11.0. The molecule has 1 unspecified atom stereocenters. The molecule has 0 saturated heterocycles. The average molecular weight is 422 g/mol. The number of benzene rings is 2. The van der Waals surface area contributed by atoms with Crippen LogP contribution in [0.25, 0.3) is 0 Å². The number of likely N-dealkylation sites (N-methyl/N-ethyl adjacent to an activating group) is 1. The molecule has 2 aromatic carbocycles. The zero-order valence-electron chi connectivity index (χ0n) is 16.6. The Morgan fingerprint density at radius 3 is 2.41 bits per heavy atom. The maximum Gasteiger partial charge on any atom is 0.257 e. The standard InChI is InChI=1S/C21H27N3O4.ClH/c1-3-23-21(26)14-28-18-10-9-15(11-19(18)27-2)13-24-20(25)12-17(22)16-7-5-4-6-8-16;/h4-11,17H,3,12-14,22H2,1-2H3,(H,23,26)(H,24,25);1H. The topological polar surface area (TPSA) is 103 Å². The van der Waals surface area contributed by atoms with E-state index in [4.69, 9.17) is 15.2 Å². The number of halogens is 1. The van der Waals surface area contributed by atoms with E-state index in [1.165, 1.54) is 7.11 Å². The Balaban J connectivity index is 0.00000420. The maximum absolute atomic E-state index is 12.2. The summed E-state index contributed by atoms with van der Waals surface area (Å²) in [4.78, 5) is 23.7. The fourth-order valence-electron chi connectivity index (χ4n) is 2.62. The van der Waals surface area contributed by atoms with Crippen molar-refractivity contribution < 1.29 is 19.1 Å². The predicted octanol–water partition coefficient (Wildman–Crippen LogP) is 2.34. The molecule has 0 aliphatic rings. The molecule has 0 bridgehead atoms. The number of carbonyl (C=O) groups is 2. The molecule has 0 spiro atoms. The van der Waals surface area contributed by atoms with Gasteiger partial charge in [-0.25, -0.2) is 0 Å². The second-order valence-corrected chi connectivity index (χ2v) is 6.23. The van der Waals surface area contributed by atoms with Crippen LogP contribution in [0.3, 0.4) is 0 Å². The van der Waals surface area contributed by atoms with Crippen molar-refractivity contribution >= 4 is 24.2 Å². The third-order valence-electron chi connectivity index (χ3n) is 4.08. The van der Waals surface area contributed by atoms with Gasteiger partial charge in [0.25, 0.3) is 5.91 Å². The second-order valence-electron chi connectivity index (χ2n) is 6.23. The lowest BCUT2D eigenvalue weighted by Gasteiger charge is -2.14. The van der Waals surface area contributed by atoms with E-state index in [0.29, 0.717) is 24.6 Å². The minimum Gasteiger partial charge on any atom is -0.493 e. The van der Waals surface area contributed by atoms with Gasteiger partial charge in [-0.1, -0.05) is 36.4 Å². The third-order valence-corrected chi connectivity index (χ3v) is 4.08. The van der Waals surface area contributed by atoms with Gasteiger partial charge in [-0.3, -0.25) is 9.59 Å². The van der Waals surface area contributed by atoms with Gasteiger partial charge in [0.1, 0.15) is 0 Å². The number of ether oxygens (including phenoxy) is 2. The fraction of sp³-hybridized carbons (Fsp3) is 0.333. The van der Waals surface area contributed by atoms with Gasteiger partial charge in [-0.15, -0.1) is 12.4 Å². The van der Waals surface area contributed by atoms with Crippen LogP contribution in [0.15, 0.2) is 48.5 Å². The smallest absolute Gasteiger partial charge is 0.257 e. The predicted molar refractivity (Wildman–Crippen MR) is 114 cm³/mol.